The van der Waals surface area contributed by atoms with Crippen molar-refractivity contribution in [2.75, 3.05) is 6.61 Å². The first-order valence-corrected chi connectivity index (χ1v) is 5.19. The number of rotatable bonds is 3. The lowest BCUT2D eigenvalue weighted by atomic mass is 10.2. The zero-order valence-electron chi connectivity index (χ0n) is 9.27. The van der Waals surface area contributed by atoms with Gasteiger partial charge in [0.1, 0.15) is 0 Å². The highest BCUT2D eigenvalue weighted by molar-refractivity contribution is 5.76. The lowest BCUT2D eigenvalue weighted by Gasteiger charge is -2.05. The number of fused-ring (bicyclic) bond motifs is 1. The summed E-state index contributed by atoms with van der Waals surface area (Å²) in [5, 5.41) is 0.472. The van der Waals surface area contributed by atoms with E-state index in [1.54, 1.807) is 18.2 Å². The number of aromatic nitrogens is 1. The van der Waals surface area contributed by atoms with E-state index in [0.29, 0.717) is 23.4 Å². The lowest BCUT2D eigenvalue weighted by Crippen LogP contribution is -2.09. The standard InChI is InChI=1S/C12H13NO3/c1-8(2)7-15-12-13-10-6-4-3-5-9(10)11(14)16-12/h3-6,8H,7H2,1-2H3. The van der Waals surface area contributed by atoms with Crippen molar-refractivity contribution < 1.29 is 9.15 Å². The summed E-state index contributed by atoms with van der Waals surface area (Å²) < 4.78 is 10.2. The van der Waals surface area contributed by atoms with Crippen molar-refractivity contribution in [3.63, 3.8) is 0 Å². The van der Waals surface area contributed by atoms with E-state index >= 15 is 0 Å². The summed E-state index contributed by atoms with van der Waals surface area (Å²) in [4.78, 5) is 15.7. The van der Waals surface area contributed by atoms with Crippen LogP contribution in [0.2, 0.25) is 0 Å². The molecule has 0 N–H and O–H groups in total. The number of nitrogens with zero attached hydrogens (tertiary/aromatic N) is 1. The minimum atomic E-state index is -0.413. The van der Waals surface area contributed by atoms with Crippen molar-refractivity contribution in [2.24, 2.45) is 5.92 Å². The van der Waals surface area contributed by atoms with Crippen LogP contribution in [-0.4, -0.2) is 11.6 Å². The van der Waals surface area contributed by atoms with Gasteiger partial charge in [-0.05, 0) is 18.1 Å². The molecule has 0 fully saturated rings. The topological polar surface area (TPSA) is 52.3 Å². The fourth-order valence-electron chi connectivity index (χ4n) is 1.30. The van der Waals surface area contributed by atoms with Crippen LogP contribution >= 0.6 is 0 Å². The molecular formula is C12H13NO3. The molecule has 0 aliphatic carbocycles. The van der Waals surface area contributed by atoms with Gasteiger partial charge >= 0.3 is 11.7 Å². The number of para-hydroxylation sites is 1. The fraction of sp³-hybridized carbons (Fsp3) is 0.333. The van der Waals surface area contributed by atoms with Crippen molar-refractivity contribution in [2.45, 2.75) is 13.8 Å². The van der Waals surface area contributed by atoms with Gasteiger partial charge in [0, 0.05) is 0 Å². The summed E-state index contributed by atoms with van der Waals surface area (Å²) in [6, 6.07) is 7.03. The first-order valence-electron chi connectivity index (χ1n) is 5.19. The van der Waals surface area contributed by atoms with E-state index < -0.39 is 5.63 Å². The van der Waals surface area contributed by atoms with Gasteiger partial charge in [-0.2, -0.15) is 4.98 Å². The van der Waals surface area contributed by atoms with E-state index in [0.717, 1.165) is 0 Å². The Balaban J connectivity index is 2.38. The molecule has 1 aromatic carbocycles. The van der Waals surface area contributed by atoms with Crippen LogP contribution in [0.1, 0.15) is 13.8 Å². The predicted octanol–water partition coefficient (Wildman–Crippen LogP) is 2.22. The Morgan fingerprint density at radius 3 is 2.88 bits per heavy atom. The van der Waals surface area contributed by atoms with Crippen LogP contribution in [0, 0.1) is 5.92 Å². The number of benzene rings is 1. The predicted molar refractivity (Wildman–Crippen MR) is 60.6 cm³/mol. The van der Waals surface area contributed by atoms with Crippen LogP contribution in [0.25, 0.3) is 10.9 Å². The van der Waals surface area contributed by atoms with E-state index in [2.05, 4.69) is 4.98 Å². The molecule has 1 aromatic heterocycles. The SMILES string of the molecule is CC(C)COc1nc2ccccc2c(=O)o1. The Morgan fingerprint density at radius 2 is 2.12 bits per heavy atom. The molecule has 84 valence electrons. The summed E-state index contributed by atoms with van der Waals surface area (Å²) in [6.45, 7) is 4.51. The smallest absolute Gasteiger partial charge is 0.397 e. The third-order valence-electron chi connectivity index (χ3n) is 2.06. The average Bonchev–Trinajstić information content (AvgIpc) is 2.26. The molecule has 0 saturated heterocycles. The number of hydrogen-bond donors (Lipinski definition) is 0. The molecule has 0 unspecified atom stereocenters. The van der Waals surface area contributed by atoms with Crippen LogP contribution in [0.15, 0.2) is 33.5 Å². The molecule has 0 spiro atoms. The molecule has 1 heterocycles. The van der Waals surface area contributed by atoms with Crippen molar-refractivity contribution >= 4 is 10.9 Å². The molecular weight excluding hydrogens is 206 g/mol. The quantitative estimate of drug-likeness (QED) is 0.794. The van der Waals surface area contributed by atoms with Crippen molar-refractivity contribution in [3.05, 3.63) is 34.7 Å². The van der Waals surface area contributed by atoms with E-state index in [-0.39, 0.29) is 6.08 Å². The molecule has 16 heavy (non-hydrogen) atoms. The maximum atomic E-state index is 11.6. The fourth-order valence-corrected chi connectivity index (χ4v) is 1.30. The highest BCUT2D eigenvalue weighted by Crippen LogP contribution is 2.12. The van der Waals surface area contributed by atoms with E-state index in [1.807, 2.05) is 19.9 Å². The third kappa shape index (κ3) is 2.21. The first kappa shape index (κ1) is 10.7. The highest BCUT2D eigenvalue weighted by atomic mass is 16.6. The van der Waals surface area contributed by atoms with Gasteiger partial charge in [0.05, 0.1) is 17.5 Å². The molecule has 2 rings (SSSR count). The molecule has 4 nitrogen and oxygen atoms in total. The van der Waals surface area contributed by atoms with Gasteiger partial charge in [-0.1, -0.05) is 26.0 Å². The van der Waals surface area contributed by atoms with Crippen LogP contribution in [0.5, 0.6) is 6.08 Å². The normalized spacial score (nSPS) is 10.9. The monoisotopic (exact) mass is 219 g/mol. The van der Waals surface area contributed by atoms with Crippen molar-refractivity contribution in [3.8, 4) is 6.08 Å². The van der Waals surface area contributed by atoms with Gasteiger partial charge < -0.3 is 9.15 Å². The molecule has 0 saturated carbocycles. The van der Waals surface area contributed by atoms with Crippen molar-refractivity contribution in [1.82, 2.24) is 4.98 Å². The molecule has 2 aromatic rings. The molecule has 0 bridgehead atoms. The lowest BCUT2D eigenvalue weighted by molar-refractivity contribution is 0.191. The van der Waals surface area contributed by atoms with E-state index in [9.17, 15) is 4.79 Å². The Labute approximate surface area is 92.9 Å². The Kier molecular flexibility index (Phi) is 2.90. The van der Waals surface area contributed by atoms with E-state index in [4.69, 9.17) is 9.15 Å². The first-order chi connectivity index (χ1) is 7.66. The van der Waals surface area contributed by atoms with Crippen LogP contribution in [0.3, 0.4) is 0 Å². The van der Waals surface area contributed by atoms with Gasteiger partial charge in [0.2, 0.25) is 0 Å². The number of hydrogen-bond acceptors (Lipinski definition) is 4. The Hall–Kier alpha value is -1.84. The van der Waals surface area contributed by atoms with Gasteiger partial charge in [-0.15, -0.1) is 0 Å². The molecule has 0 aliphatic rings. The van der Waals surface area contributed by atoms with Gasteiger partial charge in [-0.3, -0.25) is 0 Å². The van der Waals surface area contributed by atoms with Gasteiger partial charge in [0.15, 0.2) is 0 Å². The second-order valence-electron chi connectivity index (χ2n) is 3.99. The average molecular weight is 219 g/mol. The minimum absolute atomic E-state index is 0.0393. The third-order valence-corrected chi connectivity index (χ3v) is 2.06. The van der Waals surface area contributed by atoms with E-state index in [1.165, 1.54) is 0 Å². The molecule has 0 radical (unpaired) electrons. The Bertz CT molecular complexity index is 545. The zero-order valence-corrected chi connectivity index (χ0v) is 9.27. The molecule has 0 aliphatic heterocycles. The maximum Gasteiger partial charge on any atom is 0.397 e. The second-order valence-corrected chi connectivity index (χ2v) is 3.99. The summed E-state index contributed by atoms with van der Waals surface area (Å²) in [7, 11) is 0. The molecule has 4 heteroatoms. The maximum absolute atomic E-state index is 11.6. The summed E-state index contributed by atoms with van der Waals surface area (Å²) in [6.07, 6.45) is 0.0393. The van der Waals surface area contributed by atoms with Crippen LogP contribution < -0.4 is 10.4 Å². The summed E-state index contributed by atoms with van der Waals surface area (Å²) in [5.74, 6) is 0.360. The van der Waals surface area contributed by atoms with Gasteiger partial charge in [0.25, 0.3) is 0 Å². The molecule has 0 amide bonds. The summed E-state index contributed by atoms with van der Waals surface area (Å²) in [5.41, 5.74) is 0.182. The zero-order chi connectivity index (χ0) is 11.5. The molecule has 0 atom stereocenters. The minimum Gasteiger partial charge on any atom is -0.450 e. The van der Waals surface area contributed by atoms with Crippen LogP contribution in [-0.2, 0) is 0 Å². The second kappa shape index (κ2) is 4.35. The van der Waals surface area contributed by atoms with Crippen molar-refractivity contribution in [1.29, 1.82) is 0 Å². The summed E-state index contributed by atoms with van der Waals surface area (Å²) >= 11 is 0. The van der Waals surface area contributed by atoms with Gasteiger partial charge in [-0.25, -0.2) is 4.79 Å². The largest absolute Gasteiger partial charge is 0.450 e. The van der Waals surface area contributed by atoms with Crippen LogP contribution in [0.4, 0.5) is 0 Å². The highest BCUT2D eigenvalue weighted by Gasteiger charge is 2.06. The Morgan fingerprint density at radius 1 is 1.38 bits per heavy atom. The number of ether oxygens (including phenoxy) is 1.